The molecular weight excluding hydrogens is 343 g/mol. The lowest BCUT2D eigenvalue weighted by Crippen LogP contribution is -2.38. The van der Waals surface area contributed by atoms with Gasteiger partial charge in [0, 0.05) is 15.6 Å². The molecule has 0 unspecified atom stereocenters. The van der Waals surface area contributed by atoms with Crippen molar-refractivity contribution in [3.63, 3.8) is 0 Å². The number of hydrogen-bond acceptors (Lipinski definition) is 1. The molecule has 1 heterocycles. The van der Waals surface area contributed by atoms with E-state index in [1.807, 2.05) is 36.4 Å². The van der Waals surface area contributed by atoms with Gasteiger partial charge < -0.3 is 4.74 Å². The average Bonchev–Trinajstić information content (AvgIpc) is 2.56. The molecule has 0 aliphatic carbocycles. The Bertz CT molecular complexity index is 714. The lowest BCUT2D eigenvalue weighted by molar-refractivity contribution is 0.104. The number of fused-ring (bicyclic) bond motifs is 1. The van der Waals surface area contributed by atoms with E-state index in [-0.39, 0.29) is 11.4 Å². The third-order valence-corrected chi connectivity index (χ3v) is 5.48. The van der Waals surface area contributed by atoms with E-state index in [2.05, 4.69) is 29.8 Å². The second kappa shape index (κ2) is 5.88. The molecule has 1 nitrogen and oxygen atoms in total. The first kappa shape index (κ1) is 15.3. The lowest BCUT2D eigenvalue weighted by atomic mass is 9.85. The van der Waals surface area contributed by atoms with Gasteiger partial charge in [0.2, 0.25) is 0 Å². The predicted molar refractivity (Wildman–Crippen MR) is 91.7 cm³/mol. The number of rotatable bonds is 3. The van der Waals surface area contributed by atoms with Crippen LogP contribution in [0.25, 0.3) is 5.57 Å². The highest BCUT2D eigenvalue weighted by Gasteiger charge is 2.39. The van der Waals surface area contributed by atoms with E-state index in [0.717, 1.165) is 39.8 Å². The molecule has 0 amide bonds. The zero-order chi connectivity index (χ0) is 15.7. The van der Waals surface area contributed by atoms with E-state index in [1.165, 1.54) is 12.1 Å². The standard InChI is InChI=1S/C19H18BrFO/c1-3-19(4-2)18(20)17(13-9-11-14(21)12-10-13)15-7-5-6-8-16(15)22-19/h5-12H,3-4H2,1-2H3. The lowest BCUT2D eigenvalue weighted by Gasteiger charge is -2.39. The minimum absolute atomic E-state index is 0.224. The largest absolute Gasteiger partial charge is 0.481 e. The van der Waals surface area contributed by atoms with Crippen LogP contribution < -0.4 is 4.74 Å². The van der Waals surface area contributed by atoms with E-state index in [9.17, 15) is 4.39 Å². The fourth-order valence-electron chi connectivity index (χ4n) is 2.97. The number of halogens is 2. The number of benzene rings is 2. The summed E-state index contributed by atoms with van der Waals surface area (Å²) in [6.07, 6.45) is 1.73. The van der Waals surface area contributed by atoms with Crippen LogP contribution in [0.15, 0.2) is 53.0 Å². The summed E-state index contributed by atoms with van der Waals surface area (Å²) in [4.78, 5) is 0. The summed E-state index contributed by atoms with van der Waals surface area (Å²) in [6.45, 7) is 4.25. The van der Waals surface area contributed by atoms with Crippen molar-refractivity contribution in [1.29, 1.82) is 0 Å². The van der Waals surface area contributed by atoms with Gasteiger partial charge in [-0.2, -0.15) is 0 Å². The van der Waals surface area contributed by atoms with Crippen LogP contribution in [-0.4, -0.2) is 5.60 Å². The Labute approximate surface area is 138 Å². The first-order valence-corrected chi connectivity index (χ1v) is 8.35. The van der Waals surface area contributed by atoms with Gasteiger partial charge in [-0.05, 0) is 36.6 Å². The highest BCUT2D eigenvalue weighted by atomic mass is 79.9. The maximum atomic E-state index is 13.3. The fourth-order valence-corrected chi connectivity index (χ4v) is 4.05. The van der Waals surface area contributed by atoms with Crippen molar-refractivity contribution in [2.75, 3.05) is 0 Å². The van der Waals surface area contributed by atoms with E-state index in [4.69, 9.17) is 4.74 Å². The molecule has 0 atom stereocenters. The molecule has 1 aliphatic rings. The molecule has 3 rings (SSSR count). The van der Waals surface area contributed by atoms with Crippen molar-refractivity contribution in [3.05, 3.63) is 70.0 Å². The van der Waals surface area contributed by atoms with E-state index in [1.54, 1.807) is 0 Å². The van der Waals surface area contributed by atoms with Crippen LogP contribution in [0.5, 0.6) is 5.75 Å². The second-order valence-electron chi connectivity index (χ2n) is 5.50. The zero-order valence-electron chi connectivity index (χ0n) is 12.7. The van der Waals surface area contributed by atoms with E-state index in [0.29, 0.717) is 0 Å². The van der Waals surface area contributed by atoms with Gasteiger partial charge in [0.15, 0.2) is 0 Å². The van der Waals surface area contributed by atoms with Crippen LogP contribution in [0.1, 0.15) is 37.8 Å². The van der Waals surface area contributed by atoms with Crippen molar-refractivity contribution in [3.8, 4) is 5.75 Å². The van der Waals surface area contributed by atoms with Gasteiger partial charge in [-0.25, -0.2) is 4.39 Å². The molecular formula is C19H18BrFO. The van der Waals surface area contributed by atoms with Crippen molar-refractivity contribution in [2.45, 2.75) is 32.3 Å². The average molecular weight is 361 g/mol. The van der Waals surface area contributed by atoms with Crippen LogP contribution >= 0.6 is 15.9 Å². The highest BCUT2D eigenvalue weighted by molar-refractivity contribution is 9.12. The van der Waals surface area contributed by atoms with Gasteiger partial charge in [-0.1, -0.05) is 60.1 Å². The van der Waals surface area contributed by atoms with Crippen molar-refractivity contribution >= 4 is 21.5 Å². The Morgan fingerprint density at radius 3 is 2.27 bits per heavy atom. The normalized spacial score (nSPS) is 16.2. The van der Waals surface area contributed by atoms with E-state index < -0.39 is 0 Å². The summed E-state index contributed by atoms with van der Waals surface area (Å²) in [5.74, 6) is 0.659. The highest BCUT2D eigenvalue weighted by Crippen LogP contribution is 2.48. The molecule has 0 N–H and O–H groups in total. The summed E-state index contributed by atoms with van der Waals surface area (Å²) in [5.41, 5.74) is 2.76. The quantitative estimate of drug-likeness (QED) is 0.658. The Hall–Kier alpha value is -1.61. The van der Waals surface area contributed by atoms with Crippen LogP contribution in [0.2, 0.25) is 0 Å². The Balaban J connectivity index is 2.27. The number of para-hydroxylation sites is 1. The third kappa shape index (κ3) is 2.38. The SMILES string of the molecule is CCC1(CC)Oc2ccccc2C(c2ccc(F)cc2)=C1Br. The third-order valence-electron chi connectivity index (χ3n) is 4.36. The van der Waals surface area contributed by atoms with Crippen molar-refractivity contribution in [1.82, 2.24) is 0 Å². The van der Waals surface area contributed by atoms with Gasteiger partial charge in [0.1, 0.15) is 17.2 Å². The van der Waals surface area contributed by atoms with E-state index >= 15 is 0 Å². The van der Waals surface area contributed by atoms with Crippen molar-refractivity contribution < 1.29 is 9.13 Å². The molecule has 3 heteroatoms. The smallest absolute Gasteiger partial charge is 0.140 e. The minimum atomic E-state index is -0.363. The Morgan fingerprint density at radius 2 is 1.64 bits per heavy atom. The van der Waals surface area contributed by atoms with Gasteiger partial charge in [0.05, 0.1) is 0 Å². The summed E-state index contributed by atoms with van der Waals surface area (Å²) in [5, 5.41) is 0. The van der Waals surface area contributed by atoms with Gasteiger partial charge in [-0.3, -0.25) is 0 Å². The maximum absolute atomic E-state index is 13.3. The monoisotopic (exact) mass is 360 g/mol. The second-order valence-corrected chi connectivity index (χ2v) is 6.29. The molecule has 0 fully saturated rings. The number of ether oxygens (including phenoxy) is 1. The molecule has 0 spiro atoms. The van der Waals surface area contributed by atoms with Gasteiger partial charge in [-0.15, -0.1) is 0 Å². The molecule has 0 saturated heterocycles. The minimum Gasteiger partial charge on any atom is -0.481 e. The summed E-state index contributed by atoms with van der Waals surface area (Å²) >= 11 is 3.78. The Morgan fingerprint density at radius 1 is 1.00 bits per heavy atom. The maximum Gasteiger partial charge on any atom is 0.140 e. The predicted octanol–water partition coefficient (Wildman–Crippen LogP) is 5.93. The topological polar surface area (TPSA) is 9.23 Å². The molecule has 22 heavy (non-hydrogen) atoms. The molecule has 114 valence electrons. The van der Waals surface area contributed by atoms with Crippen LogP contribution in [0.4, 0.5) is 4.39 Å². The van der Waals surface area contributed by atoms with Crippen LogP contribution in [0.3, 0.4) is 0 Å². The molecule has 1 aliphatic heterocycles. The summed E-state index contributed by atoms with van der Waals surface area (Å²) in [7, 11) is 0. The number of hydrogen-bond donors (Lipinski definition) is 0. The molecule has 0 aromatic heterocycles. The zero-order valence-corrected chi connectivity index (χ0v) is 14.3. The first-order valence-electron chi connectivity index (χ1n) is 7.56. The van der Waals surface area contributed by atoms with Crippen molar-refractivity contribution in [2.24, 2.45) is 0 Å². The molecule has 0 bridgehead atoms. The molecule has 0 saturated carbocycles. The first-order chi connectivity index (χ1) is 10.6. The summed E-state index contributed by atoms with van der Waals surface area (Å²) < 4.78 is 20.6. The van der Waals surface area contributed by atoms with Gasteiger partial charge >= 0.3 is 0 Å². The van der Waals surface area contributed by atoms with Gasteiger partial charge in [0.25, 0.3) is 0 Å². The van der Waals surface area contributed by atoms with Crippen LogP contribution in [-0.2, 0) is 0 Å². The molecule has 2 aromatic rings. The summed E-state index contributed by atoms with van der Waals surface area (Å²) in [6, 6.07) is 14.7. The molecule has 0 radical (unpaired) electrons. The fraction of sp³-hybridized carbons (Fsp3) is 0.263. The molecule has 2 aromatic carbocycles. The Kier molecular flexibility index (Phi) is 4.09. The van der Waals surface area contributed by atoms with Crippen LogP contribution in [0, 0.1) is 5.82 Å².